The topological polar surface area (TPSA) is 29.1 Å². The summed E-state index contributed by atoms with van der Waals surface area (Å²) in [5, 5.41) is 3.09. The SMILES string of the molecule is CC(C)NCC(=O)Cc1ccc(F)c(Cl)c1. The number of Topliss-reactive ketones (excluding diaryl/α,β-unsaturated/α-hetero) is 1. The summed E-state index contributed by atoms with van der Waals surface area (Å²) in [5.41, 5.74) is 0.738. The van der Waals surface area contributed by atoms with Gasteiger partial charge in [-0.15, -0.1) is 0 Å². The third-order valence-electron chi connectivity index (χ3n) is 2.09. The Morgan fingerprint density at radius 1 is 1.50 bits per heavy atom. The largest absolute Gasteiger partial charge is 0.308 e. The highest BCUT2D eigenvalue weighted by Crippen LogP contribution is 2.16. The summed E-state index contributed by atoms with van der Waals surface area (Å²) in [7, 11) is 0. The smallest absolute Gasteiger partial charge is 0.150 e. The quantitative estimate of drug-likeness (QED) is 0.861. The van der Waals surface area contributed by atoms with Crippen molar-refractivity contribution in [1.82, 2.24) is 5.32 Å². The average Bonchev–Trinajstić information content (AvgIpc) is 2.21. The van der Waals surface area contributed by atoms with Gasteiger partial charge in [-0.05, 0) is 17.7 Å². The monoisotopic (exact) mass is 243 g/mol. The van der Waals surface area contributed by atoms with Crippen molar-refractivity contribution in [3.05, 3.63) is 34.6 Å². The van der Waals surface area contributed by atoms with Crippen molar-refractivity contribution in [3.63, 3.8) is 0 Å². The predicted molar refractivity (Wildman–Crippen MR) is 63.3 cm³/mol. The van der Waals surface area contributed by atoms with Crippen LogP contribution in [0.4, 0.5) is 4.39 Å². The summed E-state index contributed by atoms with van der Waals surface area (Å²) in [6.45, 7) is 4.27. The number of rotatable bonds is 5. The van der Waals surface area contributed by atoms with E-state index in [-0.39, 0.29) is 23.3 Å². The van der Waals surface area contributed by atoms with Crippen LogP contribution in [0.15, 0.2) is 18.2 Å². The van der Waals surface area contributed by atoms with Gasteiger partial charge in [-0.1, -0.05) is 31.5 Å². The Labute approximate surface area is 99.8 Å². The molecular formula is C12H15ClFNO. The Morgan fingerprint density at radius 2 is 2.19 bits per heavy atom. The van der Waals surface area contributed by atoms with Crippen molar-refractivity contribution in [2.75, 3.05) is 6.54 Å². The van der Waals surface area contributed by atoms with E-state index in [1.54, 1.807) is 6.07 Å². The lowest BCUT2D eigenvalue weighted by molar-refractivity contribution is -0.117. The number of ketones is 1. The van der Waals surface area contributed by atoms with E-state index in [1.807, 2.05) is 13.8 Å². The number of carbonyl (C=O) groups excluding carboxylic acids is 1. The zero-order valence-corrected chi connectivity index (χ0v) is 10.1. The van der Waals surface area contributed by atoms with E-state index in [0.29, 0.717) is 6.54 Å². The first kappa shape index (κ1) is 13.1. The van der Waals surface area contributed by atoms with Crippen LogP contribution in [0.3, 0.4) is 0 Å². The number of nitrogens with one attached hydrogen (secondary N) is 1. The molecule has 1 aromatic rings. The van der Waals surface area contributed by atoms with Gasteiger partial charge in [0.05, 0.1) is 11.6 Å². The van der Waals surface area contributed by atoms with E-state index in [4.69, 9.17) is 11.6 Å². The molecule has 0 aliphatic rings. The van der Waals surface area contributed by atoms with E-state index in [9.17, 15) is 9.18 Å². The molecule has 1 rings (SSSR count). The van der Waals surface area contributed by atoms with Crippen molar-refractivity contribution in [2.45, 2.75) is 26.3 Å². The first-order valence-electron chi connectivity index (χ1n) is 5.18. The summed E-state index contributed by atoms with van der Waals surface area (Å²) in [6.07, 6.45) is 0.277. The highest BCUT2D eigenvalue weighted by Gasteiger charge is 2.06. The molecule has 0 aromatic heterocycles. The second-order valence-corrected chi connectivity index (χ2v) is 4.41. The molecule has 16 heavy (non-hydrogen) atoms. The van der Waals surface area contributed by atoms with Gasteiger partial charge < -0.3 is 5.32 Å². The van der Waals surface area contributed by atoms with Gasteiger partial charge in [0.2, 0.25) is 0 Å². The van der Waals surface area contributed by atoms with E-state index >= 15 is 0 Å². The van der Waals surface area contributed by atoms with Crippen LogP contribution in [0, 0.1) is 5.82 Å². The van der Waals surface area contributed by atoms with Crippen LogP contribution in [0.25, 0.3) is 0 Å². The number of benzene rings is 1. The summed E-state index contributed by atoms with van der Waals surface area (Å²) >= 11 is 5.62. The molecule has 1 aromatic carbocycles. The summed E-state index contributed by atoms with van der Waals surface area (Å²) < 4.78 is 12.9. The molecule has 0 spiro atoms. The van der Waals surface area contributed by atoms with Gasteiger partial charge in [-0.3, -0.25) is 4.79 Å². The summed E-state index contributed by atoms with van der Waals surface area (Å²) in [6, 6.07) is 4.63. The standard InChI is InChI=1S/C12H15ClFNO/c1-8(2)15-7-10(16)5-9-3-4-12(14)11(13)6-9/h3-4,6,8,15H,5,7H2,1-2H3. The third-order valence-corrected chi connectivity index (χ3v) is 2.38. The molecule has 88 valence electrons. The number of hydrogen-bond donors (Lipinski definition) is 1. The maximum Gasteiger partial charge on any atom is 0.150 e. The predicted octanol–water partition coefficient (Wildman–Crippen LogP) is 2.59. The fourth-order valence-corrected chi connectivity index (χ4v) is 1.46. The van der Waals surface area contributed by atoms with Crippen LogP contribution in [-0.2, 0) is 11.2 Å². The minimum absolute atomic E-state index is 0.0575. The van der Waals surface area contributed by atoms with Gasteiger partial charge in [0.15, 0.2) is 5.78 Å². The lowest BCUT2D eigenvalue weighted by Crippen LogP contribution is -2.29. The minimum Gasteiger partial charge on any atom is -0.308 e. The van der Waals surface area contributed by atoms with Crippen LogP contribution in [-0.4, -0.2) is 18.4 Å². The zero-order valence-electron chi connectivity index (χ0n) is 9.39. The third kappa shape index (κ3) is 4.29. The minimum atomic E-state index is -0.460. The van der Waals surface area contributed by atoms with Crippen LogP contribution >= 0.6 is 11.6 Å². The fourth-order valence-electron chi connectivity index (χ4n) is 1.26. The van der Waals surface area contributed by atoms with Crippen molar-refractivity contribution in [2.24, 2.45) is 0 Å². The van der Waals surface area contributed by atoms with Gasteiger partial charge in [-0.25, -0.2) is 4.39 Å². The lowest BCUT2D eigenvalue weighted by Gasteiger charge is -2.07. The average molecular weight is 244 g/mol. The summed E-state index contributed by atoms with van der Waals surface area (Å²) in [5.74, 6) is -0.394. The van der Waals surface area contributed by atoms with Gasteiger partial charge in [0, 0.05) is 12.5 Å². The highest BCUT2D eigenvalue weighted by atomic mass is 35.5. The Bertz CT molecular complexity index is 379. The second kappa shape index (κ2) is 5.97. The van der Waals surface area contributed by atoms with Gasteiger partial charge in [0.1, 0.15) is 5.82 Å². The van der Waals surface area contributed by atoms with E-state index in [2.05, 4.69) is 5.32 Å². The Hall–Kier alpha value is -0.930. The molecular weight excluding hydrogens is 229 g/mol. The van der Waals surface area contributed by atoms with Gasteiger partial charge in [-0.2, -0.15) is 0 Å². The first-order chi connectivity index (χ1) is 7.49. The maximum absolute atomic E-state index is 12.9. The molecule has 0 bridgehead atoms. The van der Waals surface area contributed by atoms with Gasteiger partial charge >= 0.3 is 0 Å². The summed E-state index contributed by atoms with van der Waals surface area (Å²) in [4.78, 5) is 11.5. The van der Waals surface area contributed by atoms with Crippen molar-refractivity contribution < 1.29 is 9.18 Å². The molecule has 0 saturated carbocycles. The molecule has 0 amide bonds. The molecule has 0 radical (unpaired) electrons. The molecule has 4 heteroatoms. The van der Waals surface area contributed by atoms with Crippen molar-refractivity contribution in [1.29, 1.82) is 0 Å². The maximum atomic E-state index is 12.9. The van der Waals surface area contributed by atoms with Crippen molar-refractivity contribution in [3.8, 4) is 0 Å². The van der Waals surface area contributed by atoms with Crippen LogP contribution in [0.5, 0.6) is 0 Å². The van der Waals surface area contributed by atoms with Crippen LogP contribution in [0.1, 0.15) is 19.4 Å². The second-order valence-electron chi connectivity index (χ2n) is 4.00. The molecule has 0 fully saturated rings. The lowest BCUT2D eigenvalue weighted by atomic mass is 10.1. The molecule has 2 nitrogen and oxygen atoms in total. The molecule has 0 saturated heterocycles. The van der Waals surface area contributed by atoms with E-state index in [0.717, 1.165) is 5.56 Å². The van der Waals surface area contributed by atoms with Crippen molar-refractivity contribution >= 4 is 17.4 Å². The molecule has 0 aliphatic heterocycles. The fraction of sp³-hybridized carbons (Fsp3) is 0.417. The molecule has 0 atom stereocenters. The molecule has 1 N–H and O–H groups in total. The Kier molecular flexibility index (Phi) is 4.90. The number of halogens is 2. The van der Waals surface area contributed by atoms with E-state index in [1.165, 1.54) is 12.1 Å². The molecule has 0 heterocycles. The van der Waals surface area contributed by atoms with E-state index < -0.39 is 5.82 Å². The van der Waals surface area contributed by atoms with Crippen LogP contribution in [0.2, 0.25) is 5.02 Å². The Morgan fingerprint density at radius 3 is 2.75 bits per heavy atom. The molecule has 0 aliphatic carbocycles. The van der Waals surface area contributed by atoms with Crippen LogP contribution < -0.4 is 5.32 Å². The Balaban J connectivity index is 2.53. The zero-order chi connectivity index (χ0) is 12.1. The first-order valence-corrected chi connectivity index (χ1v) is 5.56. The number of hydrogen-bond acceptors (Lipinski definition) is 2. The normalized spacial score (nSPS) is 10.8. The molecule has 0 unspecified atom stereocenters. The number of carbonyl (C=O) groups is 1. The van der Waals surface area contributed by atoms with Gasteiger partial charge in [0.25, 0.3) is 0 Å². The highest BCUT2D eigenvalue weighted by molar-refractivity contribution is 6.30.